The Morgan fingerprint density at radius 3 is 2.58 bits per heavy atom. The van der Waals surface area contributed by atoms with Crippen LogP contribution in [0.2, 0.25) is 5.02 Å². The molecule has 1 unspecified atom stereocenters. The lowest BCUT2D eigenvalue weighted by Crippen LogP contribution is -2.55. The molecule has 0 aliphatic heterocycles. The molecule has 1 amide bonds. The Bertz CT molecular complexity index is 454. The number of benzene rings is 1. The normalized spacial score (nSPS) is 13.6. The first-order valence-corrected chi connectivity index (χ1v) is 6.95. The topological polar surface area (TPSA) is 55.1 Å². The van der Waals surface area contributed by atoms with Crippen LogP contribution in [0.25, 0.3) is 0 Å². The van der Waals surface area contributed by atoms with E-state index in [9.17, 15) is 4.79 Å². The van der Waals surface area contributed by atoms with Crippen LogP contribution in [0.3, 0.4) is 0 Å². The SMILES string of the molecule is CC(C)C(C)(CN)NC(=O)c1cccc(Br)c1Cl.Cl. The van der Waals surface area contributed by atoms with Crippen molar-refractivity contribution in [2.45, 2.75) is 26.3 Å². The fraction of sp³-hybridized carbons (Fsp3) is 0.462. The van der Waals surface area contributed by atoms with Crippen molar-refractivity contribution in [3.8, 4) is 0 Å². The molecule has 3 N–H and O–H groups in total. The number of amides is 1. The maximum absolute atomic E-state index is 12.2. The van der Waals surface area contributed by atoms with Crippen LogP contribution in [0.1, 0.15) is 31.1 Å². The lowest BCUT2D eigenvalue weighted by molar-refractivity contribution is 0.0883. The minimum atomic E-state index is -0.442. The third-order valence-electron chi connectivity index (χ3n) is 3.29. The molecule has 3 nitrogen and oxygen atoms in total. The van der Waals surface area contributed by atoms with Crippen LogP contribution in [0, 0.1) is 5.92 Å². The summed E-state index contributed by atoms with van der Waals surface area (Å²) in [5, 5.41) is 3.37. The van der Waals surface area contributed by atoms with Gasteiger partial charge in [-0.1, -0.05) is 31.5 Å². The zero-order valence-electron chi connectivity index (χ0n) is 11.2. The van der Waals surface area contributed by atoms with Crippen molar-refractivity contribution < 1.29 is 4.79 Å². The molecule has 1 atom stereocenters. The summed E-state index contributed by atoms with van der Waals surface area (Å²) in [5.74, 6) is 0.0281. The van der Waals surface area contributed by atoms with Gasteiger partial charge in [-0.25, -0.2) is 0 Å². The second kappa shape index (κ2) is 7.48. The summed E-state index contributed by atoms with van der Waals surface area (Å²) in [6.45, 7) is 6.36. The molecule has 0 heterocycles. The molecule has 19 heavy (non-hydrogen) atoms. The molecule has 0 bridgehead atoms. The summed E-state index contributed by atoms with van der Waals surface area (Å²) in [5.41, 5.74) is 5.75. The number of rotatable bonds is 4. The summed E-state index contributed by atoms with van der Waals surface area (Å²) in [4.78, 5) is 12.2. The molecule has 0 aliphatic rings. The van der Waals surface area contributed by atoms with Crippen molar-refractivity contribution in [2.24, 2.45) is 11.7 Å². The van der Waals surface area contributed by atoms with Crippen molar-refractivity contribution in [1.29, 1.82) is 0 Å². The van der Waals surface area contributed by atoms with Crippen LogP contribution in [-0.2, 0) is 0 Å². The van der Waals surface area contributed by atoms with E-state index in [4.69, 9.17) is 17.3 Å². The Hall–Kier alpha value is -0.290. The van der Waals surface area contributed by atoms with E-state index in [2.05, 4.69) is 21.2 Å². The smallest absolute Gasteiger partial charge is 0.253 e. The Balaban J connectivity index is 0.00000324. The van der Waals surface area contributed by atoms with Gasteiger partial charge in [0.25, 0.3) is 5.91 Å². The van der Waals surface area contributed by atoms with E-state index in [1.165, 1.54) is 0 Å². The van der Waals surface area contributed by atoms with Gasteiger partial charge in [0.1, 0.15) is 0 Å². The van der Waals surface area contributed by atoms with E-state index in [0.717, 1.165) is 0 Å². The highest BCUT2D eigenvalue weighted by Gasteiger charge is 2.29. The van der Waals surface area contributed by atoms with Crippen molar-refractivity contribution in [1.82, 2.24) is 5.32 Å². The predicted octanol–water partition coefficient (Wildman–Crippen LogP) is 3.63. The van der Waals surface area contributed by atoms with Crippen molar-refractivity contribution in [3.63, 3.8) is 0 Å². The van der Waals surface area contributed by atoms with E-state index < -0.39 is 5.54 Å². The quantitative estimate of drug-likeness (QED) is 0.851. The molecule has 1 aromatic rings. The molecule has 0 aromatic heterocycles. The average Bonchev–Trinajstić information content (AvgIpc) is 2.32. The summed E-state index contributed by atoms with van der Waals surface area (Å²) in [6.07, 6.45) is 0. The molecule has 0 spiro atoms. The van der Waals surface area contributed by atoms with Gasteiger partial charge in [-0.2, -0.15) is 0 Å². The average molecular weight is 370 g/mol. The molecule has 1 aromatic carbocycles. The standard InChI is InChI=1S/C13H18BrClN2O.ClH/c1-8(2)13(3,7-16)17-12(18)9-5-4-6-10(14)11(9)15;/h4-6,8H,7,16H2,1-3H3,(H,17,18);1H. The van der Waals surface area contributed by atoms with Gasteiger partial charge in [0.15, 0.2) is 0 Å². The van der Waals surface area contributed by atoms with Crippen LogP contribution in [-0.4, -0.2) is 18.0 Å². The van der Waals surface area contributed by atoms with Gasteiger partial charge in [0.2, 0.25) is 0 Å². The lowest BCUT2D eigenvalue weighted by Gasteiger charge is -2.33. The molecular formula is C13H19BrCl2N2O. The number of carbonyl (C=O) groups excluding carboxylic acids is 1. The number of nitrogens with one attached hydrogen (secondary N) is 1. The van der Waals surface area contributed by atoms with Crippen LogP contribution in [0.5, 0.6) is 0 Å². The maximum Gasteiger partial charge on any atom is 0.253 e. The minimum absolute atomic E-state index is 0. The Labute approximate surface area is 133 Å². The second-order valence-corrected chi connectivity index (χ2v) is 6.06. The Kier molecular flexibility index (Phi) is 7.37. The van der Waals surface area contributed by atoms with E-state index in [-0.39, 0.29) is 24.2 Å². The number of nitrogens with two attached hydrogens (primary N) is 1. The predicted molar refractivity (Wildman–Crippen MR) is 86.2 cm³/mol. The monoisotopic (exact) mass is 368 g/mol. The minimum Gasteiger partial charge on any atom is -0.345 e. The first kappa shape index (κ1) is 18.7. The van der Waals surface area contributed by atoms with Gasteiger partial charge in [-0.15, -0.1) is 12.4 Å². The molecule has 0 saturated carbocycles. The number of carbonyl (C=O) groups is 1. The van der Waals surface area contributed by atoms with Gasteiger partial charge < -0.3 is 11.1 Å². The van der Waals surface area contributed by atoms with E-state index >= 15 is 0 Å². The molecule has 108 valence electrons. The highest BCUT2D eigenvalue weighted by atomic mass is 79.9. The second-order valence-electron chi connectivity index (χ2n) is 4.83. The molecule has 0 fully saturated rings. The number of halogens is 3. The molecule has 0 radical (unpaired) electrons. The van der Waals surface area contributed by atoms with Crippen LogP contribution in [0.4, 0.5) is 0 Å². The van der Waals surface area contributed by atoms with Gasteiger partial charge in [0.05, 0.1) is 16.1 Å². The van der Waals surface area contributed by atoms with Crippen molar-refractivity contribution >= 4 is 45.8 Å². The first-order valence-electron chi connectivity index (χ1n) is 5.78. The van der Waals surface area contributed by atoms with Crippen molar-refractivity contribution in [2.75, 3.05) is 6.54 Å². The van der Waals surface area contributed by atoms with Gasteiger partial charge in [-0.3, -0.25) is 4.79 Å². The molecule has 0 saturated heterocycles. The molecular weight excluding hydrogens is 351 g/mol. The maximum atomic E-state index is 12.2. The highest BCUT2D eigenvalue weighted by Crippen LogP contribution is 2.26. The van der Waals surface area contributed by atoms with Gasteiger partial charge in [-0.05, 0) is 40.9 Å². The fourth-order valence-corrected chi connectivity index (χ4v) is 2.01. The summed E-state index contributed by atoms with van der Waals surface area (Å²) in [7, 11) is 0. The third kappa shape index (κ3) is 4.35. The highest BCUT2D eigenvalue weighted by molar-refractivity contribution is 9.10. The number of hydrogen-bond donors (Lipinski definition) is 2. The third-order valence-corrected chi connectivity index (χ3v) is 4.59. The number of hydrogen-bond acceptors (Lipinski definition) is 2. The fourth-order valence-electron chi connectivity index (χ4n) is 1.44. The zero-order valence-corrected chi connectivity index (χ0v) is 14.3. The Morgan fingerprint density at radius 2 is 2.11 bits per heavy atom. The van der Waals surface area contributed by atoms with Crippen LogP contribution < -0.4 is 11.1 Å². The summed E-state index contributed by atoms with van der Waals surface area (Å²) in [6, 6.07) is 5.27. The van der Waals surface area contributed by atoms with Gasteiger partial charge >= 0.3 is 0 Å². The largest absolute Gasteiger partial charge is 0.345 e. The van der Waals surface area contributed by atoms with Crippen LogP contribution in [0.15, 0.2) is 22.7 Å². The van der Waals surface area contributed by atoms with E-state index in [1.54, 1.807) is 18.2 Å². The summed E-state index contributed by atoms with van der Waals surface area (Å²) >= 11 is 9.40. The van der Waals surface area contributed by atoms with E-state index in [1.807, 2.05) is 20.8 Å². The summed E-state index contributed by atoms with van der Waals surface area (Å²) < 4.78 is 0.704. The molecule has 6 heteroatoms. The zero-order chi connectivity index (χ0) is 13.9. The lowest BCUT2D eigenvalue weighted by atomic mass is 9.88. The Morgan fingerprint density at radius 1 is 1.53 bits per heavy atom. The van der Waals surface area contributed by atoms with Gasteiger partial charge in [0, 0.05) is 11.0 Å². The van der Waals surface area contributed by atoms with Crippen LogP contribution >= 0.6 is 39.9 Å². The van der Waals surface area contributed by atoms with Crippen molar-refractivity contribution in [3.05, 3.63) is 33.3 Å². The molecule has 0 aliphatic carbocycles. The van der Waals surface area contributed by atoms with E-state index in [0.29, 0.717) is 21.6 Å². The molecule has 1 rings (SSSR count). The first-order chi connectivity index (χ1) is 8.31.